The quantitative estimate of drug-likeness (QED) is 0.363. The minimum atomic E-state index is -4.94. The number of aromatic nitrogens is 3. The summed E-state index contributed by atoms with van der Waals surface area (Å²) < 4.78 is 62.9. The molecule has 48 heavy (non-hydrogen) atoms. The van der Waals surface area contributed by atoms with Crippen molar-refractivity contribution in [3.63, 3.8) is 0 Å². The molecule has 2 atom stereocenters. The van der Waals surface area contributed by atoms with Crippen LogP contribution in [0.3, 0.4) is 0 Å². The van der Waals surface area contributed by atoms with Gasteiger partial charge in [0, 0.05) is 93.7 Å². The number of ether oxygens (including phenoxy) is 1. The van der Waals surface area contributed by atoms with Crippen molar-refractivity contribution in [3.8, 4) is 0 Å². The summed E-state index contributed by atoms with van der Waals surface area (Å²) in [4.78, 5) is 44.6. The highest BCUT2D eigenvalue weighted by Gasteiger charge is 2.36. The average Bonchev–Trinajstić information content (AvgIpc) is 3.54. The summed E-state index contributed by atoms with van der Waals surface area (Å²) in [5, 5.41) is 2.61. The molecule has 5 heterocycles. The molecule has 2 unspecified atom stereocenters. The lowest BCUT2D eigenvalue weighted by molar-refractivity contribution is -0.138. The third-order valence-electron chi connectivity index (χ3n) is 9.26. The van der Waals surface area contributed by atoms with E-state index in [-0.39, 0.29) is 29.9 Å². The number of alkyl halides is 3. The average molecular weight is 671 g/mol. The Morgan fingerprint density at radius 2 is 1.75 bits per heavy atom. The van der Waals surface area contributed by atoms with Crippen molar-refractivity contribution in [2.75, 3.05) is 74.6 Å². The second kappa shape index (κ2) is 13.6. The highest BCUT2D eigenvalue weighted by atomic mass is 19.4. The van der Waals surface area contributed by atoms with Gasteiger partial charge in [0.15, 0.2) is 0 Å². The minimum Gasteiger partial charge on any atom is -0.379 e. The number of amides is 1. The maximum Gasteiger partial charge on any atom is 0.417 e. The highest BCUT2D eigenvalue weighted by Crippen LogP contribution is 2.37. The number of halogens is 4. The number of aromatic amines is 1. The predicted octanol–water partition coefficient (Wildman–Crippen LogP) is 3.84. The van der Waals surface area contributed by atoms with Crippen LogP contribution in [-0.2, 0) is 17.5 Å². The summed E-state index contributed by atoms with van der Waals surface area (Å²) in [6.07, 6.45) is 1.21. The van der Waals surface area contributed by atoms with Gasteiger partial charge in [0.05, 0.1) is 35.7 Å². The summed E-state index contributed by atoms with van der Waals surface area (Å²) >= 11 is 0. The lowest BCUT2D eigenvalue weighted by atomic mass is 10.0. The molecule has 0 spiro atoms. The van der Waals surface area contributed by atoms with Crippen molar-refractivity contribution in [1.29, 1.82) is 0 Å². The van der Waals surface area contributed by atoms with Crippen LogP contribution in [0.2, 0.25) is 0 Å². The maximum atomic E-state index is 16.0. The number of morpholine rings is 1. The van der Waals surface area contributed by atoms with Crippen LogP contribution in [-0.4, -0.2) is 102 Å². The van der Waals surface area contributed by atoms with E-state index in [4.69, 9.17) is 4.74 Å². The molecule has 6 rings (SSSR count). The molecule has 1 amide bonds. The fraction of sp³-hybridized carbons (Fsp3) is 0.455. The molecule has 0 radical (unpaired) electrons. The van der Waals surface area contributed by atoms with E-state index in [9.17, 15) is 22.8 Å². The van der Waals surface area contributed by atoms with Gasteiger partial charge in [0.25, 0.3) is 5.91 Å². The molecule has 2 aromatic heterocycles. The molecule has 1 aromatic carbocycles. The minimum absolute atomic E-state index is 0.0856. The lowest BCUT2D eigenvalue weighted by Crippen LogP contribution is -2.55. The molecule has 2 saturated heterocycles. The van der Waals surface area contributed by atoms with Crippen LogP contribution < -0.4 is 20.7 Å². The van der Waals surface area contributed by atoms with Gasteiger partial charge in [0.1, 0.15) is 5.82 Å². The SMILES string of the molecule is CC1CN(c2cc(F)c(C3=CCN(c4ncc(CN5CCOCC5)cn4)C3)cc2NC(=O)c2c[nH]c(=O)cc2C(F)(F)F)CC(C)N1C. The molecule has 2 N–H and O–H groups in total. The van der Waals surface area contributed by atoms with Crippen LogP contribution >= 0.6 is 0 Å². The second-order valence-corrected chi connectivity index (χ2v) is 12.6. The van der Waals surface area contributed by atoms with Crippen molar-refractivity contribution in [2.45, 2.75) is 38.7 Å². The van der Waals surface area contributed by atoms with E-state index < -0.39 is 34.6 Å². The number of rotatable bonds is 7. The Morgan fingerprint density at radius 3 is 2.42 bits per heavy atom. The Balaban J connectivity index is 1.27. The van der Waals surface area contributed by atoms with E-state index >= 15 is 4.39 Å². The van der Waals surface area contributed by atoms with Gasteiger partial charge in [-0.2, -0.15) is 13.2 Å². The molecule has 3 aliphatic rings. The molecular weight excluding hydrogens is 632 g/mol. The van der Waals surface area contributed by atoms with Crippen molar-refractivity contribution in [3.05, 3.63) is 81.3 Å². The second-order valence-electron chi connectivity index (χ2n) is 12.6. The third kappa shape index (κ3) is 7.22. The monoisotopic (exact) mass is 670 g/mol. The number of piperazine rings is 1. The van der Waals surface area contributed by atoms with Gasteiger partial charge in [0.2, 0.25) is 11.5 Å². The Bertz CT molecular complexity index is 1730. The summed E-state index contributed by atoms with van der Waals surface area (Å²) in [7, 11) is 1.99. The third-order valence-corrected chi connectivity index (χ3v) is 9.26. The zero-order valence-corrected chi connectivity index (χ0v) is 27.0. The van der Waals surface area contributed by atoms with Crippen molar-refractivity contribution < 1.29 is 27.1 Å². The summed E-state index contributed by atoms with van der Waals surface area (Å²) in [6.45, 7) is 9.55. The predicted molar refractivity (Wildman–Crippen MR) is 174 cm³/mol. The maximum absolute atomic E-state index is 16.0. The van der Waals surface area contributed by atoms with Gasteiger partial charge in [-0.05, 0) is 38.6 Å². The first-order valence-corrected chi connectivity index (χ1v) is 15.8. The number of benzene rings is 1. The molecule has 3 aromatic rings. The number of nitrogens with zero attached hydrogens (tertiary/aromatic N) is 6. The van der Waals surface area contributed by atoms with Crippen LogP contribution in [0.1, 0.15) is 40.9 Å². The van der Waals surface area contributed by atoms with E-state index in [1.807, 2.05) is 36.8 Å². The van der Waals surface area contributed by atoms with E-state index in [1.165, 1.54) is 12.1 Å². The van der Waals surface area contributed by atoms with Crippen molar-refractivity contribution >= 4 is 28.8 Å². The number of anilines is 3. The topological polar surface area (TPSA) is 110 Å². The zero-order valence-electron chi connectivity index (χ0n) is 27.0. The fourth-order valence-electron chi connectivity index (χ4n) is 6.37. The molecule has 15 heteroatoms. The van der Waals surface area contributed by atoms with Crippen molar-refractivity contribution in [1.82, 2.24) is 24.8 Å². The summed E-state index contributed by atoms with van der Waals surface area (Å²) in [5.74, 6) is -1.13. The van der Waals surface area contributed by atoms with Crippen LogP contribution in [0.15, 0.2) is 47.7 Å². The van der Waals surface area contributed by atoms with Gasteiger partial charge < -0.3 is 24.8 Å². The standard InChI is InChI=1S/C33H38F4N8O3/c1-20-16-45(17-21(2)42(20)3)29-12-27(34)24(10-28(29)41-31(47)25-15-38-30(46)11-26(25)33(35,36)37)23-4-5-44(19-23)32-39-13-22(14-40-32)18-43-6-8-48-9-7-43/h4,10-15,20-21H,5-9,16-19H2,1-3H3,(H,38,46)(H,41,47). The number of likely N-dealkylation sites (N-methyl/N-ethyl adjacent to an activating group) is 1. The van der Waals surface area contributed by atoms with E-state index in [1.54, 1.807) is 12.4 Å². The first-order valence-electron chi connectivity index (χ1n) is 15.8. The Labute approximate surface area is 275 Å². The number of nitrogens with one attached hydrogen (secondary N) is 2. The van der Waals surface area contributed by atoms with Crippen LogP contribution in [0.25, 0.3) is 5.57 Å². The molecule has 0 aliphatic carbocycles. The van der Waals surface area contributed by atoms with Gasteiger partial charge in [-0.15, -0.1) is 0 Å². The van der Waals surface area contributed by atoms with Gasteiger partial charge in [-0.3, -0.25) is 19.4 Å². The van der Waals surface area contributed by atoms with E-state index in [2.05, 4.69) is 30.1 Å². The first-order chi connectivity index (χ1) is 22.9. The summed E-state index contributed by atoms with van der Waals surface area (Å²) in [5.41, 5.74) is -0.800. The van der Waals surface area contributed by atoms with E-state index in [0.29, 0.717) is 62.7 Å². The molecule has 3 aliphatic heterocycles. The zero-order chi connectivity index (χ0) is 34.2. The molecule has 256 valence electrons. The molecule has 2 fully saturated rings. The van der Waals surface area contributed by atoms with E-state index in [0.717, 1.165) is 24.8 Å². The Kier molecular flexibility index (Phi) is 9.54. The van der Waals surface area contributed by atoms with Gasteiger partial charge in [-0.25, -0.2) is 14.4 Å². The lowest BCUT2D eigenvalue weighted by Gasteiger charge is -2.44. The molecule has 0 saturated carbocycles. The number of hydrogen-bond donors (Lipinski definition) is 2. The Morgan fingerprint density at radius 1 is 1.06 bits per heavy atom. The molecule has 11 nitrogen and oxygen atoms in total. The van der Waals surface area contributed by atoms with Gasteiger partial charge >= 0.3 is 6.18 Å². The normalized spacial score (nSPS) is 21.0. The van der Waals surface area contributed by atoms with Crippen LogP contribution in [0.4, 0.5) is 34.9 Å². The smallest absolute Gasteiger partial charge is 0.379 e. The number of pyridine rings is 1. The number of hydrogen-bond acceptors (Lipinski definition) is 9. The number of carbonyl (C=O) groups is 1. The number of H-pyrrole nitrogens is 1. The Hall–Kier alpha value is -4.34. The summed E-state index contributed by atoms with van der Waals surface area (Å²) in [6, 6.07) is 3.32. The first kappa shape index (κ1) is 33.6. The fourth-order valence-corrected chi connectivity index (χ4v) is 6.37. The largest absolute Gasteiger partial charge is 0.417 e. The van der Waals surface area contributed by atoms with Crippen molar-refractivity contribution in [2.24, 2.45) is 0 Å². The molecule has 0 bridgehead atoms. The highest BCUT2D eigenvalue weighted by molar-refractivity contribution is 6.07. The van der Waals surface area contributed by atoms with Crippen LogP contribution in [0, 0.1) is 5.82 Å². The number of carbonyl (C=O) groups excluding carboxylic acids is 1. The van der Waals surface area contributed by atoms with Crippen LogP contribution in [0.5, 0.6) is 0 Å². The molecular formula is C33H38F4N8O3. The van der Waals surface area contributed by atoms with Gasteiger partial charge in [-0.1, -0.05) is 6.08 Å².